The molecule has 23 heavy (non-hydrogen) atoms. The van der Waals surface area contributed by atoms with Crippen LogP contribution in [0.4, 0.5) is 8.78 Å². The van der Waals surface area contributed by atoms with Crippen LogP contribution in [-0.2, 0) is 16.3 Å². The molecule has 2 rings (SSSR count). The maximum atomic E-state index is 14.0. The fraction of sp³-hybridized carbons (Fsp3) is 0.333. The molecule has 2 aromatic carbocycles. The molecule has 0 fully saturated rings. The number of rotatable bonds is 8. The second-order valence-electron chi connectivity index (χ2n) is 5.50. The number of hydrogen-bond acceptors (Lipinski definition) is 2. The van der Waals surface area contributed by atoms with E-state index in [0.29, 0.717) is 6.42 Å². The van der Waals surface area contributed by atoms with Gasteiger partial charge < -0.3 is 0 Å². The van der Waals surface area contributed by atoms with Crippen LogP contribution in [0, 0.1) is 0 Å². The van der Waals surface area contributed by atoms with E-state index < -0.39 is 21.5 Å². The number of halogens is 2. The van der Waals surface area contributed by atoms with Crippen LogP contribution in [0.1, 0.15) is 31.2 Å². The molecule has 0 aliphatic rings. The summed E-state index contributed by atoms with van der Waals surface area (Å²) in [7, 11) is -4.61. The van der Waals surface area contributed by atoms with E-state index in [2.05, 4.69) is 0 Å². The topological polar surface area (TPSA) is 34.1 Å². The monoisotopic (exact) mass is 338 g/mol. The number of sulfone groups is 1. The van der Waals surface area contributed by atoms with Gasteiger partial charge in [0.25, 0.3) is 0 Å². The number of aryl methyl sites for hydroxylation is 1. The second-order valence-corrected chi connectivity index (χ2v) is 7.58. The van der Waals surface area contributed by atoms with Crippen molar-refractivity contribution in [3.05, 3.63) is 66.2 Å². The van der Waals surface area contributed by atoms with Crippen LogP contribution in [-0.4, -0.2) is 13.7 Å². The molecule has 0 aromatic heterocycles. The van der Waals surface area contributed by atoms with Gasteiger partial charge in [0.2, 0.25) is 9.84 Å². The molecule has 0 saturated heterocycles. The van der Waals surface area contributed by atoms with E-state index in [-0.39, 0.29) is 11.3 Å². The summed E-state index contributed by atoms with van der Waals surface area (Å²) in [6.07, 6.45) is 1.71. The van der Waals surface area contributed by atoms with Gasteiger partial charge in [-0.1, -0.05) is 55.0 Å². The minimum atomic E-state index is -4.61. The predicted octanol–water partition coefficient (Wildman–Crippen LogP) is 4.86. The fourth-order valence-electron chi connectivity index (χ4n) is 2.39. The Bertz CT molecular complexity index is 698. The zero-order valence-electron chi connectivity index (χ0n) is 12.8. The van der Waals surface area contributed by atoms with Crippen LogP contribution < -0.4 is 0 Å². The van der Waals surface area contributed by atoms with Crippen molar-refractivity contribution in [2.45, 2.75) is 42.3 Å². The van der Waals surface area contributed by atoms with Crippen molar-refractivity contribution in [3.8, 4) is 0 Å². The Kier molecular flexibility index (Phi) is 5.88. The highest BCUT2D eigenvalue weighted by molar-refractivity contribution is 7.92. The summed E-state index contributed by atoms with van der Waals surface area (Å²) >= 11 is 0. The lowest BCUT2D eigenvalue weighted by Gasteiger charge is -2.17. The van der Waals surface area contributed by atoms with E-state index >= 15 is 0 Å². The first-order valence-corrected chi connectivity index (χ1v) is 9.13. The Morgan fingerprint density at radius 1 is 0.783 bits per heavy atom. The minimum absolute atomic E-state index is 0.186. The van der Waals surface area contributed by atoms with E-state index in [9.17, 15) is 17.2 Å². The number of unbranched alkanes of at least 4 members (excludes halogenated alkanes) is 2. The lowest BCUT2D eigenvalue weighted by Crippen LogP contribution is -2.28. The molecule has 0 aliphatic carbocycles. The Labute approximate surface area is 136 Å². The Morgan fingerprint density at radius 3 is 1.96 bits per heavy atom. The van der Waals surface area contributed by atoms with Crippen molar-refractivity contribution in [1.29, 1.82) is 0 Å². The molecule has 0 bridgehead atoms. The van der Waals surface area contributed by atoms with E-state index in [1.807, 2.05) is 30.3 Å². The van der Waals surface area contributed by atoms with Crippen LogP contribution in [0.2, 0.25) is 0 Å². The lowest BCUT2D eigenvalue weighted by atomic mass is 10.1. The molecule has 124 valence electrons. The summed E-state index contributed by atoms with van der Waals surface area (Å²) in [6, 6.07) is 16.7. The van der Waals surface area contributed by atoms with E-state index in [4.69, 9.17) is 0 Å². The SMILES string of the molecule is O=S(=O)(c1ccccc1)C(F)(F)CCCCCc1ccccc1. The Hall–Kier alpha value is -1.75. The van der Waals surface area contributed by atoms with Gasteiger partial charge >= 0.3 is 5.25 Å². The number of alkyl halides is 2. The Balaban J connectivity index is 1.84. The van der Waals surface area contributed by atoms with Crippen LogP contribution in [0.15, 0.2) is 65.6 Å². The fourth-order valence-corrected chi connectivity index (χ4v) is 3.66. The normalized spacial score (nSPS) is 12.3. The molecule has 2 nitrogen and oxygen atoms in total. The van der Waals surface area contributed by atoms with Gasteiger partial charge in [0, 0.05) is 6.42 Å². The predicted molar refractivity (Wildman–Crippen MR) is 87.2 cm³/mol. The molecule has 0 atom stereocenters. The van der Waals surface area contributed by atoms with Gasteiger partial charge in [-0.05, 0) is 37.0 Å². The standard InChI is InChI=1S/C18H20F2O2S/c19-18(20,23(21,22)17-13-7-2-8-14-17)15-9-3-6-12-16-10-4-1-5-11-16/h1-2,4-5,7-8,10-11,13-14H,3,6,9,12,15H2. The summed E-state index contributed by atoms with van der Waals surface area (Å²) in [6.45, 7) is 0. The first-order chi connectivity index (χ1) is 10.9. The third-order valence-corrected chi connectivity index (χ3v) is 5.61. The molecule has 0 saturated carbocycles. The first-order valence-electron chi connectivity index (χ1n) is 7.65. The first kappa shape index (κ1) is 17.6. The molecule has 0 spiro atoms. The summed E-state index contributed by atoms with van der Waals surface area (Å²) < 4.78 is 52.1. The van der Waals surface area contributed by atoms with Gasteiger partial charge in [0.1, 0.15) is 0 Å². The van der Waals surface area contributed by atoms with Crippen molar-refractivity contribution in [2.24, 2.45) is 0 Å². The summed E-state index contributed by atoms with van der Waals surface area (Å²) in [5.74, 6) is 0. The van der Waals surface area contributed by atoms with Gasteiger partial charge in [-0.2, -0.15) is 8.78 Å². The maximum Gasteiger partial charge on any atom is 0.350 e. The molecule has 0 radical (unpaired) electrons. The van der Waals surface area contributed by atoms with E-state index in [0.717, 1.165) is 18.4 Å². The molecule has 0 unspecified atom stereocenters. The van der Waals surface area contributed by atoms with Gasteiger partial charge in [0.15, 0.2) is 0 Å². The van der Waals surface area contributed by atoms with Crippen molar-refractivity contribution in [3.63, 3.8) is 0 Å². The van der Waals surface area contributed by atoms with Crippen LogP contribution in [0.25, 0.3) is 0 Å². The quantitative estimate of drug-likeness (QED) is 0.644. The van der Waals surface area contributed by atoms with Crippen LogP contribution >= 0.6 is 0 Å². The minimum Gasteiger partial charge on any atom is -0.217 e. The zero-order valence-corrected chi connectivity index (χ0v) is 13.6. The molecule has 5 heteroatoms. The van der Waals surface area contributed by atoms with Crippen molar-refractivity contribution >= 4 is 9.84 Å². The molecule has 2 aromatic rings. The van der Waals surface area contributed by atoms with Gasteiger partial charge in [-0.25, -0.2) is 8.42 Å². The molecular weight excluding hydrogens is 318 g/mol. The maximum absolute atomic E-state index is 14.0. The highest BCUT2D eigenvalue weighted by Crippen LogP contribution is 2.33. The third kappa shape index (κ3) is 4.61. The molecule has 0 aliphatic heterocycles. The lowest BCUT2D eigenvalue weighted by molar-refractivity contribution is 0.0789. The van der Waals surface area contributed by atoms with Gasteiger partial charge in [-0.3, -0.25) is 0 Å². The van der Waals surface area contributed by atoms with Crippen LogP contribution in [0.5, 0.6) is 0 Å². The zero-order chi connectivity index (χ0) is 16.8. The Morgan fingerprint density at radius 2 is 1.35 bits per heavy atom. The van der Waals surface area contributed by atoms with Crippen molar-refractivity contribution < 1.29 is 17.2 Å². The summed E-state index contributed by atoms with van der Waals surface area (Å²) in [4.78, 5) is -0.325. The highest BCUT2D eigenvalue weighted by atomic mass is 32.2. The average Bonchev–Trinajstić information content (AvgIpc) is 2.56. The van der Waals surface area contributed by atoms with Crippen molar-refractivity contribution in [1.82, 2.24) is 0 Å². The largest absolute Gasteiger partial charge is 0.350 e. The second kappa shape index (κ2) is 7.68. The molecule has 0 N–H and O–H groups in total. The molecule has 0 heterocycles. The van der Waals surface area contributed by atoms with Gasteiger partial charge in [0.05, 0.1) is 4.90 Å². The summed E-state index contributed by atoms with van der Waals surface area (Å²) in [5.41, 5.74) is 1.16. The van der Waals surface area contributed by atoms with Crippen molar-refractivity contribution in [2.75, 3.05) is 0 Å². The number of hydrogen-bond donors (Lipinski definition) is 0. The smallest absolute Gasteiger partial charge is 0.217 e. The highest BCUT2D eigenvalue weighted by Gasteiger charge is 2.44. The molecular formula is C18H20F2O2S. The van der Waals surface area contributed by atoms with E-state index in [1.54, 1.807) is 6.07 Å². The van der Waals surface area contributed by atoms with Crippen LogP contribution in [0.3, 0.4) is 0 Å². The van der Waals surface area contributed by atoms with Gasteiger partial charge in [-0.15, -0.1) is 0 Å². The molecule has 0 amide bonds. The average molecular weight is 338 g/mol. The number of benzene rings is 2. The van der Waals surface area contributed by atoms with E-state index in [1.165, 1.54) is 24.3 Å². The summed E-state index contributed by atoms with van der Waals surface area (Å²) in [5, 5.41) is -3.72. The third-order valence-electron chi connectivity index (χ3n) is 3.72.